The number of aliphatic hydroxyl groups is 2. The molecule has 4 bridgehead atoms. The summed E-state index contributed by atoms with van der Waals surface area (Å²) < 4.78 is 51.8. The van der Waals surface area contributed by atoms with Gasteiger partial charge in [-0.3, -0.25) is 0 Å². The number of hydrogen-bond acceptors (Lipinski definition) is 15. The second-order valence-electron chi connectivity index (χ2n) is 26.2. The van der Waals surface area contributed by atoms with E-state index in [2.05, 4.69) is 152 Å². The SMILES string of the molecule is C.C.C=C1C[C@H](C)C[C@@H]2CC=C[C@@H](CC#CC(=O)O[C@H]([C@@H](O)/C=C/COC)C/C=C/[C@@H](OCOC)C1)O2.C=C[C@H](O)[C@@H]1C/C=C/[C@@H](OCOC)CC(=C)C[C@H](C)C[C@@H]2CC=C[C@@H](CC#CC(=O)O1)O2.Cc1cc(C)c(N2[CH-]N(c3c(C)cc(C)cc3C)CC2)c(C)c1.[CH3-].[Cl][Ru]([Cl])=[CH]c1ccccc1. The number of methoxy groups -OCH3 is 3. The number of ether oxygens (including phenoxy) is 9. The van der Waals surface area contributed by atoms with Gasteiger partial charge >= 0.3 is 85.3 Å². The third kappa shape index (κ3) is 35.7. The van der Waals surface area contributed by atoms with Crippen molar-refractivity contribution in [3.63, 3.8) is 0 Å². The molecule has 0 amide bonds. The zero-order chi connectivity index (χ0) is 72.9. The van der Waals surface area contributed by atoms with Gasteiger partial charge in [0.25, 0.3) is 0 Å². The zero-order valence-corrected chi connectivity index (χ0v) is 64.9. The van der Waals surface area contributed by atoms with Crippen LogP contribution in [-0.2, 0) is 65.7 Å². The Balaban J connectivity index is 0.000000490. The van der Waals surface area contributed by atoms with Crippen molar-refractivity contribution in [2.24, 2.45) is 11.8 Å². The third-order valence-electron chi connectivity index (χ3n) is 16.9. The van der Waals surface area contributed by atoms with Crippen molar-refractivity contribution in [3.8, 4) is 23.7 Å². The number of anilines is 2. The number of aryl methyl sites for hydroxylation is 6. The van der Waals surface area contributed by atoms with Crippen LogP contribution in [0.15, 0.2) is 152 Å². The van der Waals surface area contributed by atoms with Gasteiger partial charge in [0, 0.05) is 83.3 Å². The van der Waals surface area contributed by atoms with Gasteiger partial charge in [-0.05, 0) is 127 Å². The number of aliphatic hydroxyl groups excluding tert-OH is 2. The molecule has 1 saturated heterocycles. The maximum atomic E-state index is 12.4. The molecule has 2 N–H and O–H groups in total. The fraction of sp³-hybridized carbons (Fsp3) is 0.494. The van der Waals surface area contributed by atoms with E-state index in [0.717, 1.165) is 68.3 Å². The molecule has 0 aliphatic carbocycles. The number of hydrogen-bond donors (Lipinski definition) is 2. The van der Waals surface area contributed by atoms with Crippen LogP contribution >= 0.6 is 19.4 Å². The van der Waals surface area contributed by atoms with Crippen molar-refractivity contribution in [3.05, 3.63) is 205 Å². The molecular weight excluding hydrogens is 1430 g/mol. The van der Waals surface area contributed by atoms with Crippen molar-refractivity contribution in [1.82, 2.24) is 0 Å². The summed E-state index contributed by atoms with van der Waals surface area (Å²) in [5.74, 6) is 10.2. The summed E-state index contributed by atoms with van der Waals surface area (Å²) in [6.07, 6.45) is 24.1. The molecule has 3 aromatic carbocycles. The number of carbonyl (C=O) groups excluding carboxylic acids is 2. The molecule has 8 rings (SSSR count). The van der Waals surface area contributed by atoms with Gasteiger partial charge in [0.15, 0.2) is 0 Å². The number of nitrogens with zero attached hydrogens (tertiary/aromatic N) is 2. The predicted molar refractivity (Wildman–Crippen MR) is 421 cm³/mol. The molecule has 0 aromatic heterocycles. The van der Waals surface area contributed by atoms with Crippen LogP contribution in [0.25, 0.3) is 0 Å². The first-order chi connectivity index (χ1) is 48.0. The minimum absolute atomic E-state index is 0. The van der Waals surface area contributed by atoms with Crippen molar-refractivity contribution in [2.45, 2.75) is 208 Å². The molecule has 1 fully saturated rings. The van der Waals surface area contributed by atoms with E-state index in [1.54, 1.807) is 33.5 Å². The molecule has 5 aliphatic heterocycles. The van der Waals surface area contributed by atoms with Crippen LogP contribution in [-0.4, -0.2) is 142 Å². The van der Waals surface area contributed by atoms with Gasteiger partial charge in [-0.15, -0.1) is 6.58 Å². The van der Waals surface area contributed by atoms with E-state index in [-0.39, 0.29) is 78.9 Å². The van der Waals surface area contributed by atoms with Crippen LogP contribution in [0.2, 0.25) is 0 Å². The Hall–Kier alpha value is -6.05. The van der Waals surface area contributed by atoms with Crippen molar-refractivity contribution >= 4 is 47.3 Å². The molecule has 5 aliphatic rings. The molecule has 15 nitrogen and oxygen atoms in total. The monoisotopic (exact) mass is 1550 g/mol. The summed E-state index contributed by atoms with van der Waals surface area (Å²) in [7, 11) is 16.0. The Morgan fingerprint density at radius 3 is 1.45 bits per heavy atom. The quantitative estimate of drug-likeness (QED) is 0.0281. The second-order valence-corrected chi connectivity index (χ2v) is 31.9. The molecule has 103 heavy (non-hydrogen) atoms. The Bertz CT molecular complexity index is 3280. The number of benzene rings is 3. The fourth-order valence-electron chi connectivity index (χ4n) is 12.7. The number of esters is 2. The van der Waals surface area contributed by atoms with Gasteiger partial charge in [0.05, 0.1) is 43.2 Å². The summed E-state index contributed by atoms with van der Waals surface area (Å²) in [6.45, 7) is 34.7. The average Bonchev–Trinajstić information content (AvgIpc) is 1.69. The van der Waals surface area contributed by atoms with E-state index in [1.165, 1.54) is 50.8 Å². The molecule has 3 aromatic rings. The Morgan fingerprint density at radius 1 is 0.631 bits per heavy atom. The molecule has 572 valence electrons. The molecule has 0 saturated carbocycles. The predicted octanol–water partition coefficient (Wildman–Crippen LogP) is 17.2. The summed E-state index contributed by atoms with van der Waals surface area (Å²) >= 11 is -1.61. The average molecular weight is 1550 g/mol. The molecule has 0 radical (unpaired) electrons. The van der Waals surface area contributed by atoms with E-state index in [4.69, 9.17) is 62.0 Å². The normalized spacial score (nSPS) is 24.6. The molecular formula is C85H120Cl2N2O13Ru-2. The Labute approximate surface area is 632 Å². The summed E-state index contributed by atoms with van der Waals surface area (Å²) in [5.41, 5.74) is 14.1. The topological polar surface area (TPSA) is 164 Å². The van der Waals surface area contributed by atoms with Crippen LogP contribution in [0.4, 0.5) is 11.4 Å². The van der Waals surface area contributed by atoms with E-state index in [1.807, 2.05) is 71.4 Å². The molecule has 12 atom stereocenters. The van der Waals surface area contributed by atoms with Crippen LogP contribution in [0, 0.1) is 91.2 Å². The maximum absolute atomic E-state index is 12.4. The standard InChI is InChI=1S/C28H40O7.C26H36O6.C21H27N2.C7H6.2CH4.CH3.2ClH.Ru/c1-21-17-22(2)19-25-12-5-9-23(34-25)10-7-15-28(30)35-27(26(29)13-8-16-31-3)14-6-11-24(18-21)33-20-32-4;1-5-24(27)25-13-7-11-22(30-18-29-4)16-19(2)15-20(3)17-23-12-6-9-21(31-23)10-8-14-26(28)32-25;1-14-9-16(3)20(17(4)10-14)22-7-8-23(13-22)21-18(5)11-15(2)12-19(21)6;1-7-5-3-2-4-6-7;;;;;;/h5-6,8-9,11,13,22-27,29H,1,10,12,14,16-20H2,2-4H3;5-7,9,11,20-25,27H,1-2,10,12-13,15-18H2,3-4H3;9-13H,7-8H2,1-6H3;1-6H;2*1H4;1H3;2*1H;/q;;-1;;;;-1;;;+2/p-2/b11-6+,13-8+;11-7+;;;;;;;;/t22-,23-,24+,25-,26-,27-;20-,21-,22+,23-,24-,25-;;;;;;;;/m00......../s1. The van der Waals surface area contributed by atoms with Gasteiger partial charge in [-0.25, -0.2) is 9.59 Å². The number of rotatable bonds is 15. The first kappa shape index (κ1) is 93.0. The van der Waals surface area contributed by atoms with Crippen LogP contribution in [0.3, 0.4) is 0 Å². The second kappa shape index (κ2) is 51.2. The van der Waals surface area contributed by atoms with Crippen molar-refractivity contribution in [1.29, 1.82) is 0 Å². The van der Waals surface area contributed by atoms with Crippen molar-refractivity contribution < 1.29 is 76.0 Å². The first-order valence-electron chi connectivity index (χ1n) is 34.4. The van der Waals surface area contributed by atoms with E-state index in [0.29, 0.717) is 50.5 Å². The zero-order valence-electron chi connectivity index (χ0n) is 61.7. The fourth-order valence-corrected chi connectivity index (χ4v) is 14.6. The molecule has 5 heterocycles. The number of cyclic esters (lactones) is 2. The molecule has 0 unspecified atom stereocenters. The first-order valence-corrected chi connectivity index (χ1v) is 39.9. The van der Waals surface area contributed by atoms with E-state index >= 15 is 0 Å². The van der Waals surface area contributed by atoms with Crippen molar-refractivity contribution in [2.75, 3.05) is 64.4 Å². The van der Waals surface area contributed by atoms with Gasteiger partial charge in [-0.2, -0.15) is 6.67 Å². The summed E-state index contributed by atoms with van der Waals surface area (Å²) in [5, 5.41) is 20.8. The van der Waals surface area contributed by atoms with Crippen LogP contribution < -0.4 is 9.80 Å². The van der Waals surface area contributed by atoms with Gasteiger partial charge in [0.2, 0.25) is 0 Å². The number of fused-ring (bicyclic) bond motifs is 4. The van der Waals surface area contributed by atoms with E-state index in [9.17, 15) is 19.8 Å². The molecule has 18 heteroatoms. The van der Waals surface area contributed by atoms with Gasteiger partial charge in [-0.1, -0.05) is 167 Å². The van der Waals surface area contributed by atoms with Crippen LogP contribution in [0.5, 0.6) is 0 Å². The number of carbonyl (C=O) groups is 2. The Morgan fingerprint density at radius 2 is 1.05 bits per heavy atom. The Kier molecular flexibility index (Phi) is 46.3. The number of halogens is 2. The van der Waals surface area contributed by atoms with E-state index < -0.39 is 49.9 Å². The summed E-state index contributed by atoms with van der Waals surface area (Å²) in [6, 6.07) is 19.0. The third-order valence-corrected chi connectivity index (χ3v) is 18.7. The summed E-state index contributed by atoms with van der Waals surface area (Å²) in [4.78, 5) is 29.4. The van der Waals surface area contributed by atoms with Gasteiger partial charge < -0.3 is 70.1 Å². The molecule has 0 spiro atoms. The van der Waals surface area contributed by atoms with Gasteiger partial charge in [0.1, 0.15) is 38.0 Å². The van der Waals surface area contributed by atoms with Crippen LogP contribution in [0.1, 0.15) is 145 Å². The minimum atomic E-state index is -1.61.